The van der Waals surface area contributed by atoms with Crippen LogP contribution in [-0.2, 0) is 34.7 Å². The van der Waals surface area contributed by atoms with E-state index in [4.69, 9.17) is 26.1 Å². The van der Waals surface area contributed by atoms with Crippen LogP contribution in [0.1, 0.15) is 47.8 Å². The van der Waals surface area contributed by atoms with Crippen LogP contribution in [0.5, 0.6) is 5.75 Å². The van der Waals surface area contributed by atoms with Gasteiger partial charge in [-0.2, -0.15) is 0 Å². The zero-order valence-electron chi connectivity index (χ0n) is 23.2. The van der Waals surface area contributed by atoms with Gasteiger partial charge < -0.3 is 19.1 Å². The summed E-state index contributed by atoms with van der Waals surface area (Å²) < 4.78 is 14.1. The second kappa shape index (κ2) is 12.6. The summed E-state index contributed by atoms with van der Waals surface area (Å²) in [7, 11) is 1.37. The number of rotatable bonds is 11. The fourth-order valence-corrected chi connectivity index (χ4v) is 5.41. The van der Waals surface area contributed by atoms with Crippen LogP contribution >= 0.6 is 11.6 Å². The standard InChI is InChI=1S/C34H33ClN2O4/c1-3-4-15-31-36-32-28(23-38)29(35)20-21-30(32)37(31)22-24-16-18-27(19-17-24)41-34(33(39)40-2,25-11-7-5-8-12-25)26-13-9-6-10-14-26/h5-14,16-21,38H,3-4,15,22-23H2,1-2H3. The predicted octanol–water partition coefficient (Wildman–Crippen LogP) is 7.07. The third kappa shape index (κ3) is 5.58. The first-order valence-electron chi connectivity index (χ1n) is 13.8. The van der Waals surface area contributed by atoms with Crippen LogP contribution < -0.4 is 4.74 Å². The van der Waals surface area contributed by atoms with Crippen LogP contribution in [0.2, 0.25) is 5.02 Å². The van der Waals surface area contributed by atoms with Gasteiger partial charge in [0.05, 0.1) is 24.8 Å². The maximum Gasteiger partial charge on any atom is 0.359 e. The van der Waals surface area contributed by atoms with E-state index < -0.39 is 11.6 Å². The van der Waals surface area contributed by atoms with Gasteiger partial charge in [-0.1, -0.05) is 97.7 Å². The topological polar surface area (TPSA) is 73.6 Å². The van der Waals surface area contributed by atoms with Crippen molar-refractivity contribution in [3.05, 3.63) is 130 Å². The molecule has 0 unspecified atom stereocenters. The maximum absolute atomic E-state index is 13.5. The normalized spacial score (nSPS) is 11.5. The fraction of sp³-hybridized carbons (Fsp3) is 0.235. The Hall–Kier alpha value is -4.13. The number of halogens is 1. The highest BCUT2D eigenvalue weighted by molar-refractivity contribution is 6.32. The predicted molar refractivity (Wildman–Crippen MR) is 161 cm³/mol. The van der Waals surface area contributed by atoms with Crippen molar-refractivity contribution >= 4 is 28.6 Å². The number of carbonyl (C=O) groups is 1. The van der Waals surface area contributed by atoms with E-state index in [0.717, 1.165) is 41.7 Å². The number of aromatic nitrogens is 2. The van der Waals surface area contributed by atoms with Gasteiger partial charge in [-0.25, -0.2) is 9.78 Å². The van der Waals surface area contributed by atoms with E-state index in [1.165, 1.54) is 7.11 Å². The first-order chi connectivity index (χ1) is 20.0. The Bertz CT molecular complexity index is 1580. The number of aryl methyl sites for hydroxylation is 1. The Balaban J connectivity index is 1.51. The molecule has 0 saturated heterocycles. The van der Waals surface area contributed by atoms with Gasteiger partial charge >= 0.3 is 5.97 Å². The third-order valence-electron chi connectivity index (χ3n) is 7.33. The molecule has 5 aromatic rings. The molecule has 1 aromatic heterocycles. The molecule has 1 heterocycles. The summed E-state index contributed by atoms with van der Waals surface area (Å²) >= 11 is 6.36. The quantitative estimate of drug-likeness (QED) is 0.173. The third-order valence-corrected chi connectivity index (χ3v) is 7.68. The zero-order chi connectivity index (χ0) is 28.8. The lowest BCUT2D eigenvalue weighted by Crippen LogP contribution is -2.43. The van der Waals surface area contributed by atoms with Crippen molar-refractivity contribution in [1.82, 2.24) is 9.55 Å². The summed E-state index contributed by atoms with van der Waals surface area (Å²) in [5.74, 6) is 0.975. The molecule has 0 aliphatic carbocycles. The van der Waals surface area contributed by atoms with Crippen LogP contribution in [0.3, 0.4) is 0 Å². The molecule has 1 N–H and O–H groups in total. The number of aliphatic hydroxyl groups excluding tert-OH is 1. The molecule has 4 aromatic carbocycles. The molecule has 0 atom stereocenters. The molecule has 7 heteroatoms. The molecule has 0 radical (unpaired) electrons. The van der Waals surface area contributed by atoms with Crippen molar-refractivity contribution < 1.29 is 19.4 Å². The Morgan fingerprint density at radius 2 is 1.56 bits per heavy atom. The minimum Gasteiger partial charge on any atom is -0.466 e. The lowest BCUT2D eigenvalue weighted by Gasteiger charge is -2.32. The number of esters is 1. The van der Waals surface area contributed by atoms with Gasteiger partial charge in [0.15, 0.2) is 0 Å². The lowest BCUT2D eigenvalue weighted by molar-refractivity contribution is -0.156. The summed E-state index contributed by atoms with van der Waals surface area (Å²) in [4.78, 5) is 18.3. The number of hydrogen-bond donors (Lipinski definition) is 1. The van der Waals surface area contributed by atoms with Crippen molar-refractivity contribution in [2.24, 2.45) is 0 Å². The summed E-state index contributed by atoms with van der Waals surface area (Å²) in [6, 6.07) is 30.3. The molecule has 0 aliphatic rings. The van der Waals surface area contributed by atoms with Gasteiger partial charge in [0.1, 0.15) is 11.6 Å². The minimum absolute atomic E-state index is 0.169. The first kappa shape index (κ1) is 28.4. The van der Waals surface area contributed by atoms with Crippen LogP contribution in [0.15, 0.2) is 97.1 Å². The van der Waals surface area contributed by atoms with E-state index in [2.05, 4.69) is 11.5 Å². The number of benzene rings is 4. The van der Waals surface area contributed by atoms with E-state index in [0.29, 0.717) is 34.0 Å². The molecule has 0 fully saturated rings. The maximum atomic E-state index is 13.5. The number of nitrogens with zero attached hydrogens (tertiary/aromatic N) is 2. The SMILES string of the molecule is CCCCc1nc2c(CO)c(Cl)ccc2n1Cc1ccc(OC(C(=O)OC)(c2ccccc2)c2ccccc2)cc1. The highest BCUT2D eigenvalue weighted by atomic mass is 35.5. The molecule has 0 bridgehead atoms. The van der Waals surface area contributed by atoms with Crippen molar-refractivity contribution in [3.8, 4) is 5.75 Å². The largest absolute Gasteiger partial charge is 0.466 e. The van der Waals surface area contributed by atoms with E-state index in [1.54, 1.807) is 0 Å². The zero-order valence-corrected chi connectivity index (χ0v) is 24.0. The minimum atomic E-state index is -1.48. The van der Waals surface area contributed by atoms with Gasteiger partial charge in [0, 0.05) is 34.7 Å². The number of ether oxygens (including phenoxy) is 2. The second-order valence-electron chi connectivity index (χ2n) is 9.92. The van der Waals surface area contributed by atoms with Gasteiger partial charge in [0.2, 0.25) is 0 Å². The van der Waals surface area contributed by atoms with Crippen LogP contribution in [0, 0.1) is 0 Å². The Labute approximate surface area is 245 Å². The first-order valence-corrected chi connectivity index (χ1v) is 14.1. The Kier molecular flexibility index (Phi) is 8.72. The van der Waals surface area contributed by atoms with E-state index in [-0.39, 0.29) is 6.61 Å². The van der Waals surface area contributed by atoms with Crippen LogP contribution in [0.4, 0.5) is 0 Å². The van der Waals surface area contributed by atoms with Gasteiger partial charge in [0.25, 0.3) is 5.60 Å². The average molecular weight is 569 g/mol. The number of aliphatic hydroxyl groups is 1. The summed E-state index contributed by atoms with van der Waals surface area (Å²) in [5.41, 5.74) is 3.22. The smallest absolute Gasteiger partial charge is 0.359 e. The fourth-order valence-electron chi connectivity index (χ4n) is 5.20. The molecule has 0 amide bonds. The highest BCUT2D eigenvalue weighted by Gasteiger charge is 2.46. The Morgan fingerprint density at radius 1 is 0.927 bits per heavy atom. The molecular weight excluding hydrogens is 536 g/mol. The molecular formula is C34H33ClN2O4. The second-order valence-corrected chi connectivity index (χ2v) is 10.3. The van der Waals surface area contributed by atoms with E-state index >= 15 is 0 Å². The van der Waals surface area contributed by atoms with Crippen LogP contribution in [-0.4, -0.2) is 27.7 Å². The number of unbranched alkanes of at least 4 members (excludes halogenated alkanes) is 1. The van der Waals surface area contributed by atoms with E-state index in [9.17, 15) is 9.90 Å². The summed E-state index contributed by atoms with van der Waals surface area (Å²) in [6.07, 6.45) is 2.88. The average Bonchev–Trinajstić information content (AvgIpc) is 3.36. The highest BCUT2D eigenvalue weighted by Crippen LogP contribution is 2.37. The molecule has 210 valence electrons. The van der Waals surface area contributed by atoms with Crippen molar-refractivity contribution in [2.45, 2.75) is 44.9 Å². The summed E-state index contributed by atoms with van der Waals surface area (Å²) in [6.45, 7) is 2.57. The van der Waals surface area contributed by atoms with Crippen molar-refractivity contribution in [3.63, 3.8) is 0 Å². The van der Waals surface area contributed by atoms with Gasteiger partial charge in [-0.15, -0.1) is 0 Å². The lowest BCUT2D eigenvalue weighted by atomic mass is 9.86. The van der Waals surface area contributed by atoms with Gasteiger partial charge in [-0.05, 0) is 36.2 Å². The van der Waals surface area contributed by atoms with E-state index in [1.807, 2.05) is 97.1 Å². The molecule has 0 aliphatic heterocycles. The monoisotopic (exact) mass is 568 g/mol. The van der Waals surface area contributed by atoms with Crippen molar-refractivity contribution in [1.29, 1.82) is 0 Å². The molecule has 0 saturated carbocycles. The number of hydrogen-bond acceptors (Lipinski definition) is 5. The molecule has 6 nitrogen and oxygen atoms in total. The number of fused-ring (bicyclic) bond motifs is 1. The molecule has 41 heavy (non-hydrogen) atoms. The number of carbonyl (C=O) groups excluding carboxylic acids is 1. The number of methoxy groups -OCH3 is 1. The number of imidazole rings is 1. The van der Waals surface area contributed by atoms with Gasteiger partial charge in [-0.3, -0.25) is 0 Å². The Morgan fingerprint density at radius 3 is 2.12 bits per heavy atom. The molecule has 0 spiro atoms. The summed E-state index contributed by atoms with van der Waals surface area (Å²) in [5, 5.41) is 10.5. The van der Waals surface area contributed by atoms with Crippen LogP contribution in [0.25, 0.3) is 11.0 Å². The van der Waals surface area contributed by atoms with Crippen molar-refractivity contribution in [2.75, 3.05) is 7.11 Å². The molecule has 5 rings (SSSR count).